The van der Waals surface area contributed by atoms with Gasteiger partial charge in [0.05, 0.1) is 13.1 Å². The van der Waals surface area contributed by atoms with E-state index in [1.54, 1.807) is 6.07 Å². The SMILES string of the molecule is [C-]#[N+]c1ccc(N(CCC)CCC)cc1[N+]#[C-]. The molecule has 1 aromatic carbocycles. The minimum absolute atomic E-state index is 0.441. The van der Waals surface area contributed by atoms with Gasteiger partial charge in [-0.2, -0.15) is 0 Å². The molecule has 0 spiro atoms. The first kappa shape index (κ1) is 13.1. The largest absolute Gasteiger partial charge is 0.373 e. The lowest BCUT2D eigenvalue weighted by Gasteiger charge is -2.24. The van der Waals surface area contributed by atoms with Crippen molar-refractivity contribution in [1.29, 1.82) is 0 Å². The van der Waals surface area contributed by atoms with Gasteiger partial charge in [-0.1, -0.05) is 26.0 Å². The van der Waals surface area contributed by atoms with E-state index in [0.29, 0.717) is 11.4 Å². The van der Waals surface area contributed by atoms with E-state index in [2.05, 4.69) is 28.4 Å². The molecule has 0 atom stereocenters. The van der Waals surface area contributed by atoms with Crippen molar-refractivity contribution in [3.05, 3.63) is 41.0 Å². The fraction of sp³-hybridized carbons (Fsp3) is 0.429. The monoisotopic (exact) mass is 227 g/mol. The summed E-state index contributed by atoms with van der Waals surface area (Å²) < 4.78 is 0. The summed E-state index contributed by atoms with van der Waals surface area (Å²) in [6, 6.07) is 5.51. The van der Waals surface area contributed by atoms with E-state index in [-0.39, 0.29) is 0 Å². The summed E-state index contributed by atoms with van der Waals surface area (Å²) in [5, 5.41) is 0. The van der Waals surface area contributed by atoms with Crippen molar-refractivity contribution < 1.29 is 0 Å². The second-order valence-corrected chi connectivity index (χ2v) is 3.88. The number of anilines is 1. The molecule has 0 amide bonds. The first-order valence-corrected chi connectivity index (χ1v) is 5.90. The molecule has 1 aromatic rings. The van der Waals surface area contributed by atoms with Crippen LogP contribution in [0.25, 0.3) is 9.69 Å². The summed E-state index contributed by atoms with van der Waals surface area (Å²) in [5.74, 6) is 0. The van der Waals surface area contributed by atoms with Crippen LogP contribution in [0.15, 0.2) is 18.2 Å². The van der Waals surface area contributed by atoms with Crippen molar-refractivity contribution >= 4 is 17.1 Å². The van der Waals surface area contributed by atoms with Crippen LogP contribution in [0, 0.1) is 13.1 Å². The zero-order valence-corrected chi connectivity index (χ0v) is 10.4. The molecule has 0 aliphatic rings. The Bertz CT molecular complexity index is 446. The van der Waals surface area contributed by atoms with Crippen LogP contribution in [-0.2, 0) is 0 Å². The number of rotatable bonds is 5. The van der Waals surface area contributed by atoms with Crippen LogP contribution in [0.2, 0.25) is 0 Å². The van der Waals surface area contributed by atoms with Gasteiger partial charge in [0, 0.05) is 18.8 Å². The maximum atomic E-state index is 7.09. The predicted molar refractivity (Wildman–Crippen MR) is 71.8 cm³/mol. The van der Waals surface area contributed by atoms with Crippen LogP contribution in [0.1, 0.15) is 26.7 Å². The maximum Gasteiger partial charge on any atom is 0.196 e. The van der Waals surface area contributed by atoms with Crippen LogP contribution >= 0.6 is 0 Å². The molecule has 0 saturated carbocycles. The highest BCUT2D eigenvalue weighted by Crippen LogP contribution is 2.32. The van der Waals surface area contributed by atoms with E-state index >= 15 is 0 Å². The van der Waals surface area contributed by atoms with E-state index in [0.717, 1.165) is 31.6 Å². The molecule has 0 N–H and O–H groups in total. The van der Waals surface area contributed by atoms with Crippen LogP contribution in [0.4, 0.5) is 17.1 Å². The molecule has 0 fully saturated rings. The highest BCUT2D eigenvalue weighted by Gasteiger charge is 2.08. The molecule has 0 bridgehead atoms. The quantitative estimate of drug-likeness (QED) is 0.678. The molecule has 17 heavy (non-hydrogen) atoms. The first-order valence-electron chi connectivity index (χ1n) is 5.90. The van der Waals surface area contributed by atoms with E-state index in [1.165, 1.54) is 0 Å². The predicted octanol–water partition coefficient (Wildman–Crippen LogP) is 4.41. The van der Waals surface area contributed by atoms with E-state index in [1.807, 2.05) is 12.1 Å². The minimum atomic E-state index is 0.441. The minimum Gasteiger partial charge on any atom is -0.373 e. The highest BCUT2D eigenvalue weighted by molar-refractivity contribution is 5.75. The van der Waals surface area contributed by atoms with E-state index in [9.17, 15) is 0 Å². The van der Waals surface area contributed by atoms with Gasteiger partial charge < -0.3 is 4.90 Å². The standard InChI is InChI=1S/C14H17N3/c1-5-9-17(10-6-2)12-7-8-13(15-3)14(11-12)16-4/h7-8,11H,5-6,9-10H2,1-2H3. The van der Waals surface area contributed by atoms with E-state index < -0.39 is 0 Å². The summed E-state index contributed by atoms with van der Waals surface area (Å²) >= 11 is 0. The maximum absolute atomic E-state index is 7.09. The van der Waals surface area contributed by atoms with E-state index in [4.69, 9.17) is 13.1 Å². The van der Waals surface area contributed by atoms with Gasteiger partial charge in [-0.05, 0) is 18.9 Å². The van der Waals surface area contributed by atoms with Crippen LogP contribution in [-0.4, -0.2) is 13.1 Å². The Hall–Kier alpha value is -2.00. The smallest absolute Gasteiger partial charge is 0.196 e. The fourth-order valence-corrected chi connectivity index (χ4v) is 1.80. The summed E-state index contributed by atoms with van der Waals surface area (Å²) in [6.07, 6.45) is 2.16. The third-order valence-electron chi connectivity index (χ3n) is 2.55. The van der Waals surface area contributed by atoms with Crippen molar-refractivity contribution in [3.63, 3.8) is 0 Å². The van der Waals surface area contributed by atoms with Crippen molar-refractivity contribution in [2.75, 3.05) is 18.0 Å². The summed E-state index contributed by atoms with van der Waals surface area (Å²) in [5.41, 5.74) is 1.94. The summed E-state index contributed by atoms with van der Waals surface area (Å²) in [6.45, 7) is 20.4. The van der Waals surface area contributed by atoms with Gasteiger partial charge in [-0.25, -0.2) is 0 Å². The number of nitrogens with zero attached hydrogens (tertiary/aromatic N) is 3. The molecule has 1 rings (SSSR count). The summed E-state index contributed by atoms with van der Waals surface area (Å²) in [4.78, 5) is 9.03. The highest BCUT2D eigenvalue weighted by atomic mass is 15.1. The molecule has 0 aliphatic carbocycles. The lowest BCUT2D eigenvalue weighted by Crippen LogP contribution is -2.24. The van der Waals surface area contributed by atoms with Crippen LogP contribution in [0.5, 0.6) is 0 Å². The van der Waals surface area contributed by atoms with Gasteiger partial charge in [0.1, 0.15) is 0 Å². The lowest BCUT2D eigenvalue weighted by atomic mass is 10.2. The van der Waals surface area contributed by atoms with Crippen molar-refractivity contribution in [2.24, 2.45) is 0 Å². The van der Waals surface area contributed by atoms with Gasteiger partial charge in [0.15, 0.2) is 11.4 Å². The molecule has 3 heteroatoms. The van der Waals surface area contributed by atoms with Gasteiger partial charge in [0.25, 0.3) is 0 Å². The van der Waals surface area contributed by atoms with Crippen LogP contribution < -0.4 is 4.90 Å². The Morgan fingerprint density at radius 3 is 2.06 bits per heavy atom. The molecule has 3 nitrogen and oxygen atoms in total. The topological polar surface area (TPSA) is 12.0 Å². The normalized spacial score (nSPS) is 9.41. The Labute approximate surface area is 103 Å². The number of hydrogen-bond acceptors (Lipinski definition) is 1. The Kier molecular flexibility index (Phi) is 5.04. The third kappa shape index (κ3) is 3.23. The average Bonchev–Trinajstić information content (AvgIpc) is 2.37. The molecule has 0 aliphatic heterocycles. The Balaban J connectivity index is 3.05. The Morgan fingerprint density at radius 1 is 1.00 bits per heavy atom. The van der Waals surface area contributed by atoms with Gasteiger partial charge >= 0.3 is 0 Å². The second kappa shape index (κ2) is 6.55. The Morgan fingerprint density at radius 2 is 1.59 bits per heavy atom. The zero-order valence-electron chi connectivity index (χ0n) is 10.4. The molecule has 88 valence electrons. The molecule has 0 radical (unpaired) electrons. The number of benzene rings is 1. The summed E-state index contributed by atoms with van der Waals surface area (Å²) in [7, 11) is 0. The van der Waals surface area contributed by atoms with Crippen molar-refractivity contribution in [3.8, 4) is 0 Å². The third-order valence-corrected chi connectivity index (χ3v) is 2.55. The average molecular weight is 227 g/mol. The van der Waals surface area contributed by atoms with Crippen molar-refractivity contribution in [1.82, 2.24) is 0 Å². The molecule has 0 saturated heterocycles. The molecular formula is C14H17N3. The van der Waals surface area contributed by atoms with Gasteiger partial charge in [0.2, 0.25) is 0 Å². The van der Waals surface area contributed by atoms with Gasteiger partial charge in [-0.15, -0.1) is 0 Å². The fourth-order valence-electron chi connectivity index (χ4n) is 1.80. The first-order chi connectivity index (χ1) is 8.26. The molecular weight excluding hydrogens is 210 g/mol. The zero-order chi connectivity index (χ0) is 12.7. The second-order valence-electron chi connectivity index (χ2n) is 3.88. The van der Waals surface area contributed by atoms with Crippen LogP contribution in [0.3, 0.4) is 0 Å². The molecule has 0 unspecified atom stereocenters. The molecule has 0 aromatic heterocycles. The number of hydrogen-bond donors (Lipinski definition) is 0. The molecule has 0 heterocycles. The lowest BCUT2D eigenvalue weighted by molar-refractivity contribution is 0.745. The van der Waals surface area contributed by atoms with Gasteiger partial charge in [-0.3, -0.25) is 9.69 Å². The van der Waals surface area contributed by atoms with Crippen molar-refractivity contribution in [2.45, 2.75) is 26.7 Å².